The molecule has 1 aromatic carbocycles. The largest absolute Gasteiger partial charge is 0.465 e. The van der Waals surface area contributed by atoms with Crippen LogP contribution in [0.15, 0.2) is 42.7 Å². The van der Waals surface area contributed by atoms with Crippen molar-refractivity contribution in [3.05, 3.63) is 70.8 Å². The van der Waals surface area contributed by atoms with Crippen LogP contribution in [-0.4, -0.2) is 33.5 Å². The van der Waals surface area contributed by atoms with Crippen LogP contribution in [0.25, 0.3) is 0 Å². The molecular weight excluding hydrogens is 332 g/mol. The van der Waals surface area contributed by atoms with E-state index in [4.69, 9.17) is 4.74 Å². The van der Waals surface area contributed by atoms with Crippen LogP contribution in [0.2, 0.25) is 0 Å². The summed E-state index contributed by atoms with van der Waals surface area (Å²) in [6.45, 7) is 4.03. The van der Waals surface area contributed by atoms with Crippen LogP contribution in [0.1, 0.15) is 37.7 Å². The number of H-pyrrole nitrogens is 1. The van der Waals surface area contributed by atoms with Gasteiger partial charge in [0.2, 0.25) is 5.95 Å². The first-order valence-corrected chi connectivity index (χ1v) is 8.15. The van der Waals surface area contributed by atoms with Gasteiger partial charge in [0.15, 0.2) is 0 Å². The zero-order chi connectivity index (χ0) is 18.7. The number of amides is 1. The quantitative estimate of drug-likeness (QED) is 0.691. The summed E-state index contributed by atoms with van der Waals surface area (Å²) in [5, 5.41) is 2.79. The lowest BCUT2D eigenvalue weighted by Crippen LogP contribution is -2.17. The van der Waals surface area contributed by atoms with Crippen molar-refractivity contribution in [2.24, 2.45) is 0 Å². The van der Waals surface area contributed by atoms with Gasteiger partial charge in [0.25, 0.3) is 5.91 Å². The minimum atomic E-state index is -0.471. The number of benzene rings is 1. The van der Waals surface area contributed by atoms with Gasteiger partial charge in [-0.15, -0.1) is 0 Å². The maximum atomic E-state index is 12.7. The van der Waals surface area contributed by atoms with Gasteiger partial charge in [0.1, 0.15) is 5.69 Å². The standard InChI is InChI=1S/C19H20N4O3/c1-12-15(18(25)26-3)13(2)21-16(12)17(24)22-19-20-9-10-23(19)11-14-7-5-4-6-8-14/h4-10,21H,11H2,1-3H3,(H,20,22,24). The van der Waals surface area contributed by atoms with E-state index < -0.39 is 5.97 Å². The number of methoxy groups -OCH3 is 1. The van der Waals surface area contributed by atoms with Crippen molar-refractivity contribution in [2.75, 3.05) is 12.4 Å². The number of esters is 1. The third-order valence-electron chi connectivity index (χ3n) is 4.19. The van der Waals surface area contributed by atoms with Crippen LogP contribution in [0.4, 0.5) is 5.95 Å². The maximum Gasteiger partial charge on any atom is 0.339 e. The number of ether oxygens (including phenoxy) is 1. The lowest BCUT2D eigenvalue weighted by Gasteiger charge is -2.09. The highest BCUT2D eigenvalue weighted by atomic mass is 16.5. The van der Waals surface area contributed by atoms with E-state index in [-0.39, 0.29) is 5.91 Å². The highest BCUT2D eigenvalue weighted by Gasteiger charge is 2.23. The Bertz CT molecular complexity index is 941. The molecule has 0 radical (unpaired) electrons. The molecule has 2 N–H and O–H groups in total. The van der Waals surface area contributed by atoms with Crippen molar-refractivity contribution in [1.29, 1.82) is 0 Å². The molecule has 0 saturated carbocycles. The zero-order valence-corrected chi connectivity index (χ0v) is 14.9. The zero-order valence-electron chi connectivity index (χ0n) is 14.9. The minimum Gasteiger partial charge on any atom is -0.465 e. The summed E-state index contributed by atoms with van der Waals surface area (Å²) < 4.78 is 6.62. The second-order valence-electron chi connectivity index (χ2n) is 5.94. The third-order valence-corrected chi connectivity index (χ3v) is 4.19. The van der Waals surface area contributed by atoms with Crippen molar-refractivity contribution in [1.82, 2.24) is 14.5 Å². The van der Waals surface area contributed by atoms with E-state index in [1.165, 1.54) is 7.11 Å². The van der Waals surface area contributed by atoms with Crippen LogP contribution < -0.4 is 5.32 Å². The predicted molar refractivity (Wildman–Crippen MR) is 97.3 cm³/mol. The van der Waals surface area contributed by atoms with Gasteiger partial charge in [-0.25, -0.2) is 9.78 Å². The van der Waals surface area contributed by atoms with Crippen LogP contribution in [0.3, 0.4) is 0 Å². The number of aromatic amines is 1. The molecular formula is C19H20N4O3. The van der Waals surface area contributed by atoms with Crippen molar-refractivity contribution >= 4 is 17.8 Å². The molecule has 0 atom stereocenters. The van der Waals surface area contributed by atoms with Gasteiger partial charge in [-0.1, -0.05) is 30.3 Å². The number of nitrogens with one attached hydrogen (secondary N) is 2. The van der Waals surface area contributed by atoms with Gasteiger partial charge >= 0.3 is 5.97 Å². The Morgan fingerprint density at radius 1 is 1.23 bits per heavy atom. The number of nitrogens with zero attached hydrogens (tertiary/aromatic N) is 2. The predicted octanol–water partition coefficient (Wildman–Crippen LogP) is 2.92. The van der Waals surface area contributed by atoms with E-state index in [9.17, 15) is 9.59 Å². The normalized spacial score (nSPS) is 10.6. The van der Waals surface area contributed by atoms with Gasteiger partial charge in [-0.2, -0.15) is 0 Å². The van der Waals surface area contributed by atoms with Crippen LogP contribution in [-0.2, 0) is 11.3 Å². The Balaban J connectivity index is 1.82. The Labute approximate surface area is 151 Å². The molecule has 0 fully saturated rings. The fraction of sp³-hybridized carbons (Fsp3) is 0.211. The molecule has 3 rings (SSSR count). The molecule has 0 aliphatic carbocycles. The van der Waals surface area contributed by atoms with Crippen LogP contribution >= 0.6 is 0 Å². The van der Waals surface area contributed by atoms with E-state index in [0.717, 1.165) is 5.56 Å². The van der Waals surface area contributed by atoms with E-state index >= 15 is 0 Å². The van der Waals surface area contributed by atoms with Crippen molar-refractivity contribution < 1.29 is 14.3 Å². The summed E-state index contributed by atoms with van der Waals surface area (Å²) >= 11 is 0. The number of carbonyl (C=O) groups excluding carboxylic acids is 2. The highest BCUT2D eigenvalue weighted by Crippen LogP contribution is 2.20. The molecule has 26 heavy (non-hydrogen) atoms. The van der Waals surface area contributed by atoms with Crippen LogP contribution in [0.5, 0.6) is 0 Å². The van der Waals surface area contributed by atoms with Gasteiger partial charge in [-0.05, 0) is 25.0 Å². The molecule has 2 heterocycles. The maximum absolute atomic E-state index is 12.7. The minimum absolute atomic E-state index is 0.317. The summed E-state index contributed by atoms with van der Waals surface area (Å²) in [4.78, 5) is 31.7. The molecule has 0 aliphatic heterocycles. The molecule has 3 aromatic rings. The fourth-order valence-electron chi connectivity index (χ4n) is 2.89. The second kappa shape index (κ2) is 7.26. The van der Waals surface area contributed by atoms with Gasteiger partial charge in [0, 0.05) is 18.1 Å². The summed E-state index contributed by atoms with van der Waals surface area (Å²) in [6, 6.07) is 9.89. The van der Waals surface area contributed by atoms with Gasteiger partial charge in [0.05, 0.1) is 19.2 Å². The topological polar surface area (TPSA) is 89.0 Å². The molecule has 0 bridgehead atoms. The number of hydrogen-bond donors (Lipinski definition) is 2. The van der Waals surface area contributed by atoms with Crippen molar-refractivity contribution in [2.45, 2.75) is 20.4 Å². The molecule has 0 aliphatic rings. The first-order chi connectivity index (χ1) is 12.5. The third kappa shape index (κ3) is 3.37. The monoisotopic (exact) mass is 352 g/mol. The molecule has 1 amide bonds. The number of aromatic nitrogens is 3. The molecule has 0 spiro atoms. The molecule has 134 valence electrons. The van der Waals surface area contributed by atoms with Gasteiger partial charge < -0.3 is 14.3 Å². The average Bonchev–Trinajstić information content (AvgIpc) is 3.19. The molecule has 7 heteroatoms. The Hall–Kier alpha value is -3.35. The molecule has 7 nitrogen and oxygen atoms in total. The number of rotatable bonds is 5. The number of aryl methyl sites for hydroxylation is 1. The fourth-order valence-corrected chi connectivity index (χ4v) is 2.89. The summed E-state index contributed by atoms with van der Waals surface area (Å²) in [5.41, 5.74) is 2.93. The summed E-state index contributed by atoms with van der Waals surface area (Å²) in [7, 11) is 1.31. The molecule has 2 aromatic heterocycles. The Morgan fingerprint density at radius 3 is 2.65 bits per heavy atom. The lowest BCUT2D eigenvalue weighted by atomic mass is 10.1. The van der Waals surface area contributed by atoms with Gasteiger partial charge in [-0.3, -0.25) is 10.1 Å². The van der Waals surface area contributed by atoms with Crippen LogP contribution in [0, 0.1) is 13.8 Å². The summed E-state index contributed by atoms with van der Waals surface area (Å²) in [5.74, 6) is -0.396. The second-order valence-corrected chi connectivity index (χ2v) is 5.94. The first-order valence-electron chi connectivity index (χ1n) is 8.15. The Morgan fingerprint density at radius 2 is 1.96 bits per heavy atom. The van der Waals surface area contributed by atoms with Crippen molar-refractivity contribution in [3.63, 3.8) is 0 Å². The number of imidazole rings is 1. The highest BCUT2D eigenvalue weighted by molar-refractivity contribution is 6.06. The molecule has 0 unspecified atom stereocenters. The summed E-state index contributed by atoms with van der Waals surface area (Å²) in [6.07, 6.45) is 3.43. The Kier molecular flexibility index (Phi) is 4.88. The smallest absolute Gasteiger partial charge is 0.339 e. The lowest BCUT2D eigenvalue weighted by molar-refractivity contribution is 0.0599. The SMILES string of the molecule is COC(=O)c1c(C)[nH]c(C(=O)Nc2nccn2Cc2ccccc2)c1C. The van der Waals surface area contributed by atoms with E-state index in [2.05, 4.69) is 15.3 Å². The number of anilines is 1. The average molecular weight is 352 g/mol. The number of carbonyl (C=O) groups is 2. The first kappa shape index (κ1) is 17.5. The van der Waals surface area contributed by atoms with E-state index in [0.29, 0.717) is 35.0 Å². The van der Waals surface area contributed by atoms with Crippen molar-refractivity contribution in [3.8, 4) is 0 Å². The number of hydrogen-bond acceptors (Lipinski definition) is 4. The van der Waals surface area contributed by atoms with E-state index in [1.807, 2.05) is 34.9 Å². The van der Waals surface area contributed by atoms with E-state index in [1.54, 1.807) is 26.2 Å². The molecule has 0 saturated heterocycles.